The summed E-state index contributed by atoms with van der Waals surface area (Å²) in [7, 11) is 0. The molecule has 0 saturated heterocycles. The molecule has 0 aliphatic rings. The Morgan fingerprint density at radius 2 is 1.69 bits per heavy atom. The van der Waals surface area contributed by atoms with Gasteiger partial charge in [-0.25, -0.2) is 0 Å². The van der Waals surface area contributed by atoms with E-state index in [0.717, 1.165) is 11.2 Å². The molecule has 72 valence electrons. The molecule has 1 atom stereocenters. The van der Waals surface area contributed by atoms with Crippen molar-refractivity contribution in [2.75, 3.05) is 5.33 Å². The van der Waals surface area contributed by atoms with Crippen LogP contribution < -0.4 is 0 Å². The predicted octanol–water partition coefficient (Wildman–Crippen LogP) is 3.88. The average molecular weight is 241 g/mol. The van der Waals surface area contributed by atoms with Gasteiger partial charge in [-0.3, -0.25) is 0 Å². The van der Waals surface area contributed by atoms with Crippen LogP contribution in [0.15, 0.2) is 18.2 Å². The van der Waals surface area contributed by atoms with Crippen LogP contribution in [0.4, 0.5) is 0 Å². The summed E-state index contributed by atoms with van der Waals surface area (Å²) in [5.41, 5.74) is 4.21. The Balaban J connectivity index is 2.77. The molecule has 0 aliphatic carbocycles. The first-order chi connectivity index (χ1) is 6.11. The maximum Gasteiger partial charge on any atom is 0.00602 e. The summed E-state index contributed by atoms with van der Waals surface area (Å²) in [5.74, 6) is 0.723. The molecule has 1 heteroatoms. The summed E-state index contributed by atoms with van der Waals surface area (Å²) in [4.78, 5) is 0. The second-order valence-corrected chi connectivity index (χ2v) is 4.61. The van der Waals surface area contributed by atoms with Crippen molar-refractivity contribution in [3.05, 3.63) is 34.9 Å². The normalized spacial score (nSPS) is 12.9. The highest BCUT2D eigenvalue weighted by atomic mass is 79.9. The van der Waals surface area contributed by atoms with Gasteiger partial charge in [0.25, 0.3) is 0 Å². The molecule has 0 aliphatic heterocycles. The van der Waals surface area contributed by atoms with E-state index in [2.05, 4.69) is 54.9 Å². The molecule has 1 unspecified atom stereocenters. The lowest BCUT2D eigenvalue weighted by Crippen LogP contribution is -2.01. The van der Waals surface area contributed by atoms with Gasteiger partial charge in [0.15, 0.2) is 0 Å². The van der Waals surface area contributed by atoms with Gasteiger partial charge < -0.3 is 0 Å². The number of alkyl halides is 1. The Morgan fingerprint density at radius 1 is 1.15 bits per heavy atom. The largest absolute Gasteiger partial charge is 0.0925 e. The minimum Gasteiger partial charge on any atom is -0.0925 e. The topological polar surface area (TPSA) is 0 Å². The lowest BCUT2D eigenvalue weighted by atomic mass is 9.99. The highest BCUT2D eigenvalue weighted by Crippen LogP contribution is 2.14. The van der Waals surface area contributed by atoms with Gasteiger partial charge in [-0.15, -0.1) is 0 Å². The Kier molecular flexibility index (Phi) is 3.98. The summed E-state index contributed by atoms with van der Waals surface area (Å²) in [5, 5.41) is 1.08. The first kappa shape index (κ1) is 10.8. The summed E-state index contributed by atoms with van der Waals surface area (Å²) in [6, 6.07) is 6.79. The number of halogens is 1. The molecule has 0 spiro atoms. The molecule has 13 heavy (non-hydrogen) atoms. The Labute approximate surface area is 89.5 Å². The Hall–Kier alpha value is -0.300. The lowest BCUT2D eigenvalue weighted by Gasteiger charge is -2.09. The molecule has 0 fully saturated rings. The molecule has 0 N–H and O–H groups in total. The maximum atomic E-state index is 3.51. The van der Waals surface area contributed by atoms with E-state index in [4.69, 9.17) is 0 Å². The van der Waals surface area contributed by atoms with Gasteiger partial charge in [0.2, 0.25) is 0 Å². The van der Waals surface area contributed by atoms with E-state index in [-0.39, 0.29) is 0 Å². The molecule has 0 nitrogen and oxygen atoms in total. The summed E-state index contributed by atoms with van der Waals surface area (Å²) < 4.78 is 0. The quantitative estimate of drug-likeness (QED) is 0.704. The van der Waals surface area contributed by atoms with Crippen LogP contribution in [0.3, 0.4) is 0 Å². The Morgan fingerprint density at radius 3 is 2.15 bits per heavy atom. The minimum atomic E-state index is 0.723. The summed E-state index contributed by atoms with van der Waals surface area (Å²) in [6.07, 6.45) is 1.17. The number of hydrogen-bond donors (Lipinski definition) is 0. The van der Waals surface area contributed by atoms with E-state index in [1.54, 1.807) is 0 Å². The van der Waals surface area contributed by atoms with Crippen LogP contribution in [0.1, 0.15) is 23.6 Å². The fourth-order valence-corrected chi connectivity index (χ4v) is 1.87. The van der Waals surface area contributed by atoms with Crippen molar-refractivity contribution in [2.24, 2.45) is 5.92 Å². The van der Waals surface area contributed by atoms with Crippen molar-refractivity contribution in [1.29, 1.82) is 0 Å². The highest BCUT2D eigenvalue weighted by Gasteiger charge is 2.02. The van der Waals surface area contributed by atoms with Gasteiger partial charge in [-0.05, 0) is 31.7 Å². The number of hydrogen-bond acceptors (Lipinski definition) is 0. The predicted molar refractivity (Wildman–Crippen MR) is 62.6 cm³/mol. The van der Waals surface area contributed by atoms with Crippen LogP contribution in [-0.2, 0) is 6.42 Å². The summed E-state index contributed by atoms with van der Waals surface area (Å²) in [6.45, 7) is 6.59. The van der Waals surface area contributed by atoms with Crippen molar-refractivity contribution < 1.29 is 0 Å². The summed E-state index contributed by atoms with van der Waals surface area (Å²) >= 11 is 3.51. The molecule has 1 rings (SSSR count). The van der Waals surface area contributed by atoms with Crippen LogP contribution in [0.5, 0.6) is 0 Å². The SMILES string of the molecule is Cc1cc(C)cc(CC(C)CBr)c1. The molecule has 0 heterocycles. The van der Waals surface area contributed by atoms with Crippen LogP contribution >= 0.6 is 15.9 Å². The first-order valence-electron chi connectivity index (χ1n) is 4.75. The molecule has 0 radical (unpaired) electrons. The molecular weight excluding hydrogens is 224 g/mol. The van der Waals surface area contributed by atoms with Crippen LogP contribution in [0, 0.1) is 19.8 Å². The number of aryl methyl sites for hydroxylation is 2. The number of rotatable bonds is 3. The van der Waals surface area contributed by atoms with Crippen LogP contribution in [0.25, 0.3) is 0 Å². The second kappa shape index (κ2) is 4.80. The molecule has 0 aromatic heterocycles. The zero-order chi connectivity index (χ0) is 9.84. The highest BCUT2D eigenvalue weighted by molar-refractivity contribution is 9.09. The van der Waals surface area contributed by atoms with Gasteiger partial charge in [0, 0.05) is 5.33 Å². The van der Waals surface area contributed by atoms with Gasteiger partial charge in [0.1, 0.15) is 0 Å². The van der Waals surface area contributed by atoms with E-state index in [0.29, 0.717) is 0 Å². The minimum absolute atomic E-state index is 0.723. The zero-order valence-corrected chi connectivity index (χ0v) is 10.2. The molecule has 1 aromatic rings. The first-order valence-corrected chi connectivity index (χ1v) is 5.87. The average Bonchev–Trinajstić information content (AvgIpc) is 2.02. The van der Waals surface area contributed by atoms with E-state index >= 15 is 0 Å². The van der Waals surface area contributed by atoms with Crippen LogP contribution in [-0.4, -0.2) is 5.33 Å². The van der Waals surface area contributed by atoms with Crippen molar-refractivity contribution in [2.45, 2.75) is 27.2 Å². The third-order valence-electron chi connectivity index (χ3n) is 2.13. The van der Waals surface area contributed by atoms with Crippen LogP contribution in [0.2, 0.25) is 0 Å². The fraction of sp³-hybridized carbons (Fsp3) is 0.500. The third kappa shape index (κ3) is 3.51. The van der Waals surface area contributed by atoms with Crippen molar-refractivity contribution in [3.8, 4) is 0 Å². The van der Waals surface area contributed by atoms with Crippen molar-refractivity contribution in [3.63, 3.8) is 0 Å². The van der Waals surface area contributed by atoms with Crippen molar-refractivity contribution >= 4 is 15.9 Å². The van der Waals surface area contributed by atoms with E-state index in [9.17, 15) is 0 Å². The number of benzene rings is 1. The Bertz CT molecular complexity index is 258. The molecule has 0 saturated carbocycles. The smallest absolute Gasteiger partial charge is 0.00602 e. The van der Waals surface area contributed by atoms with Gasteiger partial charge in [-0.2, -0.15) is 0 Å². The molecular formula is C12H17Br. The second-order valence-electron chi connectivity index (χ2n) is 3.96. The van der Waals surface area contributed by atoms with Crippen molar-refractivity contribution in [1.82, 2.24) is 0 Å². The van der Waals surface area contributed by atoms with E-state index in [1.807, 2.05) is 0 Å². The van der Waals surface area contributed by atoms with Gasteiger partial charge in [0.05, 0.1) is 0 Å². The van der Waals surface area contributed by atoms with E-state index in [1.165, 1.54) is 23.1 Å². The third-order valence-corrected chi connectivity index (χ3v) is 3.23. The van der Waals surface area contributed by atoms with Gasteiger partial charge in [-0.1, -0.05) is 52.2 Å². The van der Waals surface area contributed by atoms with Gasteiger partial charge >= 0.3 is 0 Å². The lowest BCUT2D eigenvalue weighted by molar-refractivity contribution is 0.662. The molecule has 0 bridgehead atoms. The molecule has 1 aromatic carbocycles. The zero-order valence-electron chi connectivity index (χ0n) is 8.60. The maximum absolute atomic E-state index is 3.51. The standard InChI is InChI=1S/C12H17Br/c1-9-4-10(2)6-12(5-9)7-11(3)8-13/h4-6,11H,7-8H2,1-3H3. The molecule has 0 amide bonds. The van der Waals surface area contributed by atoms with E-state index < -0.39 is 0 Å². The monoisotopic (exact) mass is 240 g/mol. The fourth-order valence-electron chi connectivity index (χ4n) is 1.64.